The fourth-order valence-corrected chi connectivity index (χ4v) is 3.03. The molecule has 3 rings (SSSR count). The molecule has 8 nitrogen and oxygen atoms in total. The second kappa shape index (κ2) is 9.42. The maximum atomic E-state index is 12.3. The van der Waals surface area contributed by atoms with Gasteiger partial charge >= 0.3 is 11.9 Å². The highest BCUT2D eigenvalue weighted by atomic mass is 16.7. The molecule has 1 heterocycles. The predicted molar refractivity (Wildman–Crippen MR) is 112 cm³/mol. The second-order valence-corrected chi connectivity index (χ2v) is 7.36. The summed E-state index contributed by atoms with van der Waals surface area (Å²) < 4.78 is 16.4. The Morgan fingerprint density at radius 1 is 1.03 bits per heavy atom. The lowest BCUT2D eigenvalue weighted by atomic mass is 10.1. The fraction of sp³-hybridized carbons (Fsp3) is 0.304. The maximum absolute atomic E-state index is 12.3. The number of rotatable bonds is 8. The second-order valence-electron chi connectivity index (χ2n) is 7.36. The number of ether oxygens (including phenoxy) is 3. The number of hydrogen-bond acceptors (Lipinski definition) is 7. The van der Waals surface area contributed by atoms with E-state index in [-0.39, 0.29) is 17.9 Å². The average molecular weight is 425 g/mol. The molecule has 0 aromatic heterocycles. The molecule has 0 radical (unpaired) electrons. The Morgan fingerprint density at radius 2 is 1.65 bits per heavy atom. The van der Waals surface area contributed by atoms with E-state index < -0.39 is 22.6 Å². The molecule has 0 N–H and O–H groups in total. The van der Waals surface area contributed by atoms with E-state index in [4.69, 9.17) is 14.2 Å². The van der Waals surface area contributed by atoms with Crippen LogP contribution in [-0.2, 0) is 25.7 Å². The van der Waals surface area contributed by atoms with Gasteiger partial charge in [-0.25, -0.2) is 9.59 Å². The van der Waals surface area contributed by atoms with Crippen LogP contribution in [0, 0.1) is 10.1 Å². The van der Waals surface area contributed by atoms with Crippen LogP contribution < -0.4 is 4.74 Å². The summed E-state index contributed by atoms with van der Waals surface area (Å²) in [4.78, 5) is 34.9. The Bertz CT molecular complexity index is 974. The number of cyclic esters (lactones) is 2. The Labute approximate surface area is 179 Å². The van der Waals surface area contributed by atoms with Crippen LogP contribution in [-0.4, -0.2) is 22.6 Å². The Morgan fingerprint density at radius 3 is 2.19 bits per heavy atom. The monoisotopic (exact) mass is 425 g/mol. The van der Waals surface area contributed by atoms with E-state index in [1.165, 1.54) is 18.2 Å². The molecule has 1 saturated heterocycles. The molecule has 0 aliphatic carbocycles. The lowest BCUT2D eigenvalue weighted by Gasteiger charge is -2.33. The molecule has 0 spiro atoms. The van der Waals surface area contributed by atoms with Crippen LogP contribution in [0.4, 0.5) is 5.69 Å². The zero-order valence-corrected chi connectivity index (χ0v) is 17.3. The van der Waals surface area contributed by atoms with Gasteiger partial charge in [0, 0.05) is 25.5 Å². The number of hydrogen-bond donors (Lipinski definition) is 0. The van der Waals surface area contributed by atoms with E-state index in [1.807, 2.05) is 6.92 Å². The number of carbonyl (C=O) groups excluding carboxylic acids is 2. The van der Waals surface area contributed by atoms with Crippen LogP contribution in [0.3, 0.4) is 0 Å². The maximum Gasteiger partial charge on any atom is 0.348 e. The van der Waals surface area contributed by atoms with Gasteiger partial charge in [-0.15, -0.1) is 0 Å². The van der Waals surface area contributed by atoms with Gasteiger partial charge in [0.15, 0.2) is 0 Å². The summed E-state index contributed by atoms with van der Waals surface area (Å²) in [5, 5.41) is 10.7. The van der Waals surface area contributed by atoms with Gasteiger partial charge in [0.25, 0.3) is 11.5 Å². The van der Waals surface area contributed by atoms with Crippen molar-refractivity contribution in [1.82, 2.24) is 0 Å². The number of nitro benzene ring substituents is 1. The molecule has 0 saturated carbocycles. The van der Waals surface area contributed by atoms with Gasteiger partial charge in [-0.2, -0.15) is 0 Å². The van der Waals surface area contributed by atoms with Crippen LogP contribution in [0.1, 0.15) is 44.2 Å². The Balaban J connectivity index is 1.62. The molecular formula is C23H23NO7. The Hall–Kier alpha value is -3.68. The third kappa shape index (κ3) is 5.69. The highest BCUT2D eigenvalue weighted by Crippen LogP contribution is 2.29. The zero-order chi connectivity index (χ0) is 22.4. The number of benzene rings is 2. The van der Waals surface area contributed by atoms with Crippen molar-refractivity contribution >= 4 is 23.7 Å². The van der Waals surface area contributed by atoms with E-state index in [0.717, 1.165) is 18.4 Å². The molecule has 0 bridgehead atoms. The van der Waals surface area contributed by atoms with Crippen molar-refractivity contribution in [3.63, 3.8) is 0 Å². The molecule has 0 unspecified atom stereocenters. The van der Waals surface area contributed by atoms with Gasteiger partial charge in [-0.05, 0) is 47.9 Å². The molecule has 1 fully saturated rings. The van der Waals surface area contributed by atoms with Gasteiger partial charge in [-0.3, -0.25) is 10.1 Å². The summed E-state index contributed by atoms with van der Waals surface area (Å²) in [5.74, 6) is -2.06. The zero-order valence-electron chi connectivity index (χ0n) is 17.3. The molecule has 1 aliphatic heterocycles. The normalized spacial score (nSPS) is 18.2. The molecule has 31 heavy (non-hydrogen) atoms. The van der Waals surface area contributed by atoms with E-state index in [9.17, 15) is 19.7 Å². The first-order chi connectivity index (χ1) is 14.8. The van der Waals surface area contributed by atoms with Gasteiger partial charge in [0.1, 0.15) is 17.9 Å². The quantitative estimate of drug-likeness (QED) is 0.201. The molecule has 0 atom stereocenters. The van der Waals surface area contributed by atoms with Crippen LogP contribution in [0.2, 0.25) is 0 Å². The molecule has 2 aromatic rings. The molecule has 2 aromatic carbocycles. The topological polar surface area (TPSA) is 105 Å². The van der Waals surface area contributed by atoms with E-state index in [2.05, 4.69) is 0 Å². The van der Waals surface area contributed by atoms with Crippen molar-refractivity contribution in [2.75, 3.05) is 0 Å². The number of esters is 2. The lowest BCUT2D eigenvalue weighted by Crippen LogP contribution is -2.44. The molecule has 162 valence electrons. The third-order valence-corrected chi connectivity index (χ3v) is 4.79. The lowest BCUT2D eigenvalue weighted by molar-refractivity contribution is -0.384. The summed E-state index contributed by atoms with van der Waals surface area (Å²) in [6.45, 7) is 3.83. The molecule has 1 aliphatic rings. The van der Waals surface area contributed by atoms with Crippen molar-refractivity contribution in [3.8, 4) is 5.75 Å². The number of nitrogens with zero attached hydrogens (tertiary/aromatic N) is 1. The van der Waals surface area contributed by atoms with E-state index in [0.29, 0.717) is 17.7 Å². The minimum absolute atomic E-state index is 0.0200. The fourth-order valence-electron chi connectivity index (χ4n) is 3.03. The highest BCUT2D eigenvalue weighted by Gasteiger charge is 2.41. The van der Waals surface area contributed by atoms with Crippen LogP contribution in [0.25, 0.3) is 6.08 Å². The highest BCUT2D eigenvalue weighted by molar-refractivity contribution is 6.18. The van der Waals surface area contributed by atoms with Gasteiger partial charge in [0.2, 0.25) is 0 Å². The number of nitro groups is 1. The summed E-state index contributed by atoms with van der Waals surface area (Å²) in [6.07, 6.45) is 3.54. The standard InChI is InChI=1S/C23H23NO7/c1-3-4-13-23(2)30-21(25)20(22(26)31-23)14-16-7-11-19(12-8-16)29-15-17-5-9-18(10-6-17)24(27)28/h5-12,14H,3-4,13,15H2,1-2H3. The largest absolute Gasteiger partial charge is 0.489 e. The predicted octanol–water partition coefficient (Wildman–Crippen LogP) is 4.56. The molecule has 8 heteroatoms. The first kappa shape index (κ1) is 22.0. The summed E-state index contributed by atoms with van der Waals surface area (Å²) in [7, 11) is 0. The van der Waals surface area contributed by atoms with E-state index in [1.54, 1.807) is 43.3 Å². The van der Waals surface area contributed by atoms with Crippen molar-refractivity contribution in [2.45, 2.75) is 45.5 Å². The summed E-state index contributed by atoms with van der Waals surface area (Å²) >= 11 is 0. The van der Waals surface area contributed by atoms with Crippen molar-refractivity contribution in [2.24, 2.45) is 0 Å². The number of non-ortho nitro benzene ring substituents is 1. The van der Waals surface area contributed by atoms with Crippen molar-refractivity contribution < 1.29 is 28.7 Å². The van der Waals surface area contributed by atoms with Crippen LogP contribution in [0.5, 0.6) is 5.75 Å². The molecule has 0 amide bonds. The van der Waals surface area contributed by atoms with Gasteiger partial charge in [0.05, 0.1) is 4.92 Å². The summed E-state index contributed by atoms with van der Waals surface area (Å²) in [6, 6.07) is 12.9. The van der Waals surface area contributed by atoms with Crippen molar-refractivity contribution in [1.29, 1.82) is 0 Å². The van der Waals surface area contributed by atoms with Gasteiger partial charge < -0.3 is 14.2 Å². The number of carbonyl (C=O) groups is 2. The minimum atomic E-state index is -1.23. The first-order valence-corrected chi connectivity index (χ1v) is 9.94. The smallest absolute Gasteiger partial charge is 0.348 e. The van der Waals surface area contributed by atoms with Crippen molar-refractivity contribution in [3.05, 3.63) is 75.3 Å². The average Bonchev–Trinajstić information content (AvgIpc) is 2.74. The molecular weight excluding hydrogens is 402 g/mol. The Kier molecular flexibility index (Phi) is 6.69. The third-order valence-electron chi connectivity index (χ3n) is 4.79. The van der Waals surface area contributed by atoms with E-state index >= 15 is 0 Å². The first-order valence-electron chi connectivity index (χ1n) is 9.94. The SMILES string of the molecule is CCCCC1(C)OC(=O)C(=Cc2ccc(OCc3ccc([N+](=O)[O-])cc3)cc2)C(=O)O1. The van der Waals surface area contributed by atoms with Gasteiger partial charge in [-0.1, -0.05) is 25.5 Å². The number of unbranched alkanes of at least 4 members (excludes halogenated alkanes) is 1. The van der Waals surface area contributed by atoms with Crippen LogP contribution in [0.15, 0.2) is 54.1 Å². The minimum Gasteiger partial charge on any atom is -0.489 e. The van der Waals surface area contributed by atoms with Crippen LogP contribution >= 0.6 is 0 Å². The summed E-state index contributed by atoms with van der Waals surface area (Å²) in [5.41, 5.74) is 1.26.